The molecule has 0 fully saturated rings. The Morgan fingerprint density at radius 2 is 1.68 bits per heavy atom. The zero-order valence-corrected chi connectivity index (χ0v) is 12.0. The first-order chi connectivity index (χ1) is 8.91. The molecule has 0 atom stereocenters. The molecule has 0 spiro atoms. The van der Waals surface area contributed by atoms with Crippen molar-refractivity contribution >= 4 is 21.7 Å². The fourth-order valence-electron chi connectivity index (χ4n) is 1.79. The van der Waals surface area contributed by atoms with Gasteiger partial charge in [0.2, 0.25) is 0 Å². The molecular formula is C15H11BrF2O. The van der Waals surface area contributed by atoms with Gasteiger partial charge in [0.15, 0.2) is 5.78 Å². The Labute approximate surface area is 118 Å². The number of ketones is 1. The van der Waals surface area contributed by atoms with Gasteiger partial charge in [-0.1, -0.05) is 12.1 Å². The molecule has 0 heterocycles. The highest BCUT2D eigenvalue weighted by Crippen LogP contribution is 2.25. The third-order valence-electron chi connectivity index (χ3n) is 2.93. The maximum absolute atomic E-state index is 13.8. The standard InChI is InChI=1S/C15H11BrF2O/c1-8-4-3-5-10(14(8)16)15(19)11-7-12(17)9(2)6-13(11)18/h3-7H,1-2H3. The van der Waals surface area contributed by atoms with Gasteiger partial charge in [0.05, 0.1) is 5.56 Å². The number of rotatable bonds is 2. The lowest BCUT2D eigenvalue weighted by molar-refractivity contribution is 0.103. The predicted octanol–water partition coefficient (Wildman–Crippen LogP) is 4.58. The van der Waals surface area contributed by atoms with E-state index in [0.717, 1.165) is 17.7 Å². The van der Waals surface area contributed by atoms with Gasteiger partial charge in [-0.15, -0.1) is 0 Å². The normalized spacial score (nSPS) is 10.6. The highest BCUT2D eigenvalue weighted by Gasteiger charge is 2.19. The molecule has 0 radical (unpaired) electrons. The molecule has 0 aliphatic carbocycles. The van der Waals surface area contributed by atoms with Crippen LogP contribution < -0.4 is 0 Å². The van der Waals surface area contributed by atoms with Crippen LogP contribution in [-0.4, -0.2) is 5.78 Å². The van der Waals surface area contributed by atoms with Crippen LogP contribution in [0.4, 0.5) is 8.78 Å². The van der Waals surface area contributed by atoms with Gasteiger partial charge >= 0.3 is 0 Å². The first-order valence-electron chi connectivity index (χ1n) is 5.67. The van der Waals surface area contributed by atoms with Gasteiger partial charge in [0.1, 0.15) is 11.6 Å². The Bertz CT molecular complexity index is 665. The maximum Gasteiger partial charge on any atom is 0.197 e. The van der Waals surface area contributed by atoms with Gasteiger partial charge in [-0.3, -0.25) is 4.79 Å². The SMILES string of the molecule is Cc1cc(F)c(C(=O)c2cccc(C)c2Br)cc1F. The third kappa shape index (κ3) is 2.59. The van der Waals surface area contributed by atoms with E-state index in [4.69, 9.17) is 0 Å². The van der Waals surface area contributed by atoms with Gasteiger partial charge in [0.25, 0.3) is 0 Å². The van der Waals surface area contributed by atoms with E-state index in [1.807, 2.05) is 13.0 Å². The molecule has 1 nitrogen and oxygen atoms in total. The van der Waals surface area contributed by atoms with Crippen LogP contribution in [0.3, 0.4) is 0 Å². The van der Waals surface area contributed by atoms with Crippen LogP contribution in [0.1, 0.15) is 27.0 Å². The van der Waals surface area contributed by atoms with Gasteiger partial charge in [0, 0.05) is 10.0 Å². The molecule has 2 rings (SSSR count). The fourth-order valence-corrected chi connectivity index (χ4v) is 2.23. The maximum atomic E-state index is 13.8. The van der Waals surface area contributed by atoms with Crippen LogP contribution in [0, 0.1) is 25.5 Å². The molecule has 0 aliphatic heterocycles. The first-order valence-corrected chi connectivity index (χ1v) is 6.46. The summed E-state index contributed by atoms with van der Waals surface area (Å²) in [5.74, 6) is -1.84. The molecule has 19 heavy (non-hydrogen) atoms. The average molecular weight is 325 g/mol. The molecule has 0 amide bonds. The monoisotopic (exact) mass is 324 g/mol. The number of halogens is 3. The lowest BCUT2D eigenvalue weighted by atomic mass is 10.00. The fraction of sp³-hybridized carbons (Fsp3) is 0.133. The Morgan fingerprint density at radius 3 is 2.37 bits per heavy atom. The molecule has 0 unspecified atom stereocenters. The van der Waals surface area contributed by atoms with Gasteiger partial charge in [-0.2, -0.15) is 0 Å². The van der Waals surface area contributed by atoms with Crippen molar-refractivity contribution in [2.24, 2.45) is 0 Å². The molecular weight excluding hydrogens is 314 g/mol. The van der Waals surface area contributed by atoms with Crippen LogP contribution >= 0.6 is 15.9 Å². The first kappa shape index (κ1) is 13.9. The molecule has 0 aromatic heterocycles. The lowest BCUT2D eigenvalue weighted by Gasteiger charge is -2.08. The molecule has 2 aromatic rings. The summed E-state index contributed by atoms with van der Waals surface area (Å²) in [6.45, 7) is 3.28. The van der Waals surface area contributed by atoms with E-state index in [1.165, 1.54) is 6.92 Å². The Morgan fingerprint density at radius 1 is 1.00 bits per heavy atom. The second-order valence-corrected chi connectivity index (χ2v) is 5.14. The van der Waals surface area contributed by atoms with E-state index < -0.39 is 17.4 Å². The molecule has 0 saturated heterocycles. The number of carbonyl (C=O) groups is 1. The lowest BCUT2D eigenvalue weighted by Crippen LogP contribution is -2.07. The smallest absolute Gasteiger partial charge is 0.197 e. The Balaban J connectivity index is 2.56. The largest absolute Gasteiger partial charge is 0.288 e. The van der Waals surface area contributed by atoms with Crippen LogP contribution in [0.5, 0.6) is 0 Å². The summed E-state index contributed by atoms with van der Waals surface area (Å²) in [5, 5.41) is 0. The highest BCUT2D eigenvalue weighted by atomic mass is 79.9. The van der Waals surface area contributed by atoms with Crippen molar-refractivity contribution < 1.29 is 13.6 Å². The minimum absolute atomic E-state index is 0.178. The minimum atomic E-state index is -0.711. The van der Waals surface area contributed by atoms with Crippen LogP contribution in [-0.2, 0) is 0 Å². The summed E-state index contributed by atoms with van der Waals surface area (Å²) in [6.07, 6.45) is 0. The summed E-state index contributed by atoms with van der Waals surface area (Å²) in [5.41, 5.74) is 1.10. The number of benzene rings is 2. The molecule has 2 aromatic carbocycles. The van der Waals surface area contributed by atoms with Crippen molar-refractivity contribution in [3.05, 3.63) is 68.7 Å². The van der Waals surface area contributed by atoms with Crippen molar-refractivity contribution in [3.8, 4) is 0 Å². The van der Waals surface area contributed by atoms with E-state index in [1.54, 1.807) is 12.1 Å². The summed E-state index contributed by atoms with van der Waals surface area (Å²) >= 11 is 3.30. The second-order valence-electron chi connectivity index (χ2n) is 4.35. The molecule has 4 heteroatoms. The topological polar surface area (TPSA) is 17.1 Å². The third-order valence-corrected chi connectivity index (χ3v) is 3.98. The second kappa shape index (κ2) is 5.21. The number of hydrogen-bond donors (Lipinski definition) is 0. The average Bonchev–Trinajstić information content (AvgIpc) is 2.36. The zero-order chi connectivity index (χ0) is 14.2. The molecule has 0 saturated carbocycles. The highest BCUT2D eigenvalue weighted by molar-refractivity contribution is 9.10. The van der Waals surface area contributed by atoms with Gasteiger partial charge < -0.3 is 0 Å². The van der Waals surface area contributed by atoms with E-state index in [-0.39, 0.29) is 11.1 Å². The molecule has 0 N–H and O–H groups in total. The number of hydrogen-bond acceptors (Lipinski definition) is 1. The Hall–Kier alpha value is -1.55. The zero-order valence-electron chi connectivity index (χ0n) is 10.4. The van der Waals surface area contributed by atoms with Gasteiger partial charge in [-0.25, -0.2) is 8.78 Å². The van der Waals surface area contributed by atoms with Crippen LogP contribution in [0.2, 0.25) is 0 Å². The van der Waals surface area contributed by atoms with E-state index >= 15 is 0 Å². The van der Waals surface area contributed by atoms with E-state index in [0.29, 0.717) is 10.0 Å². The minimum Gasteiger partial charge on any atom is -0.288 e. The van der Waals surface area contributed by atoms with Crippen molar-refractivity contribution in [1.29, 1.82) is 0 Å². The quantitative estimate of drug-likeness (QED) is 0.739. The number of carbonyl (C=O) groups excluding carboxylic acids is 1. The van der Waals surface area contributed by atoms with Crippen LogP contribution in [0.15, 0.2) is 34.8 Å². The van der Waals surface area contributed by atoms with Crippen molar-refractivity contribution in [2.45, 2.75) is 13.8 Å². The van der Waals surface area contributed by atoms with E-state index in [9.17, 15) is 13.6 Å². The van der Waals surface area contributed by atoms with Crippen LogP contribution in [0.25, 0.3) is 0 Å². The van der Waals surface area contributed by atoms with Gasteiger partial charge in [-0.05, 0) is 59.1 Å². The molecule has 98 valence electrons. The number of aryl methyl sites for hydroxylation is 2. The summed E-state index contributed by atoms with van der Waals surface area (Å²) in [6, 6.07) is 7.09. The molecule has 0 aliphatic rings. The van der Waals surface area contributed by atoms with Crippen molar-refractivity contribution in [3.63, 3.8) is 0 Å². The Kier molecular flexibility index (Phi) is 3.80. The predicted molar refractivity (Wildman–Crippen MR) is 73.4 cm³/mol. The van der Waals surface area contributed by atoms with Crippen molar-refractivity contribution in [1.82, 2.24) is 0 Å². The van der Waals surface area contributed by atoms with E-state index in [2.05, 4.69) is 15.9 Å². The summed E-state index contributed by atoms with van der Waals surface area (Å²) in [7, 11) is 0. The summed E-state index contributed by atoms with van der Waals surface area (Å²) in [4.78, 5) is 12.3. The molecule has 0 bridgehead atoms. The summed E-state index contributed by atoms with van der Waals surface area (Å²) < 4.78 is 27.9. The van der Waals surface area contributed by atoms with Crippen molar-refractivity contribution in [2.75, 3.05) is 0 Å².